The van der Waals surface area contributed by atoms with Gasteiger partial charge in [0.2, 0.25) is 0 Å². The highest BCUT2D eigenvalue weighted by Crippen LogP contribution is 2.46. The van der Waals surface area contributed by atoms with Gasteiger partial charge in [-0.3, -0.25) is 0 Å². The van der Waals surface area contributed by atoms with Gasteiger partial charge in [0.15, 0.2) is 9.22 Å². The molecule has 0 radical (unpaired) electrons. The van der Waals surface area contributed by atoms with Crippen LogP contribution in [0.25, 0.3) is 44.4 Å². The summed E-state index contributed by atoms with van der Waals surface area (Å²) >= 11 is 6.73. The molecule has 232 valence electrons. The summed E-state index contributed by atoms with van der Waals surface area (Å²) in [7, 11) is -4.74. The Balaban J connectivity index is 1.77. The lowest BCUT2D eigenvalue weighted by molar-refractivity contribution is 0.0696. The number of aromatic carboxylic acids is 1. The van der Waals surface area contributed by atoms with Crippen LogP contribution in [0.3, 0.4) is 0 Å². The lowest BCUT2D eigenvalue weighted by Crippen LogP contribution is -2.13. The van der Waals surface area contributed by atoms with Crippen LogP contribution in [0, 0.1) is 28.5 Å². The average Bonchev–Trinajstić information content (AvgIpc) is 3.69. The molecule has 0 bridgehead atoms. The third-order valence-electron chi connectivity index (χ3n) is 7.29. The second kappa shape index (κ2) is 12.0. The number of hydrogen-bond acceptors (Lipinski definition) is 7. The first-order chi connectivity index (χ1) is 22.5. The summed E-state index contributed by atoms with van der Waals surface area (Å²) in [5.74, 6) is -1.94. The summed E-state index contributed by atoms with van der Waals surface area (Å²) in [4.78, 5) is 15.1. The first-order valence-electron chi connectivity index (χ1n) is 13.4. The van der Waals surface area contributed by atoms with E-state index >= 15 is 0 Å². The van der Waals surface area contributed by atoms with Gasteiger partial charge in [0, 0.05) is 32.7 Å². The molecule has 0 spiro atoms. The highest BCUT2D eigenvalue weighted by molar-refractivity contribution is 7.92. The van der Waals surface area contributed by atoms with Crippen LogP contribution in [-0.4, -0.2) is 28.5 Å². The molecule has 6 rings (SSSR count). The molecule has 0 unspecified atom stereocenters. The number of carboxylic acid groups (broad SMARTS) is 1. The lowest BCUT2D eigenvalue weighted by Gasteiger charge is -2.15. The van der Waals surface area contributed by atoms with Gasteiger partial charge >= 0.3 is 5.97 Å². The predicted molar refractivity (Wildman–Crippen MR) is 169 cm³/mol. The lowest BCUT2D eigenvalue weighted by atomic mass is 9.90. The fraction of sp³-hybridized carbons (Fsp3) is 0.0303. The Labute approximate surface area is 273 Å². The van der Waals surface area contributed by atoms with E-state index in [9.17, 15) is 42.0 Å². The van der Waals surface area contributed by atoms with Gasteiger partial charge in [-0.05, 0) is 54.1 Å². The molecule has 2 aromatic heterocycles. The largest absolute Gasteiger partial charge is 0.478 e. The Hall–Kier alpha value is -5.47. The fourth-order valence-electron chi connectivity index (χ4n) is 5.31. The van der Waals surface area contributed by atoms with Gasteiger partial charge in [0.25, 0.3) is 16.4 Å². The van der Waals surface area contributed by atoms with Crippen LogP contribution in [0.4, 0.5) is 13.2 Å². The standard InChI is InChI=1S/C33H16ClF3N4O4S2/c34-25-12-19(33(42)43)7-9-23(25)17-3-1-4-18(11-17)30-29(28-20(14-38)5-2-6-21(28)15-39)24-13-22(35)8-10-26(24)41(30)47(44,45)27-16-40-32(46-27)31(36)37/h1-13,16,31H,(H,42,43). The molecule has 0 amide bonds. The zero-order chi connectivity index (χ0) is 33.6. The van der Waals surface area contributed by atoms with Gasteiger partial charge in [-0.25, -0.2) is 26.9 Å². The predicted octanol–water partition coefficient (Wildman–Crippen LogP) is 8.51. The summed E-state index contributed by atoms with van der Waals surface area (Å²) in [6.07, 6.45) is -2.23. The van der Waals surface area contributed by atoms with E-state index < -0.39 is 37.5 Å². The van der Waals surface area contributed by atoms with Gasteiger partial charge in [0.1, 0.15) is 5.82 Å². The van der Waals surface area contributed by atoms with Crippen molar-refractivity contribution in [1.82, 2.24) is 8.96 Å². The van der Waals surface area contributed by atoms with Crippen LogP contribution >= 0.6 is 22.9 Å². The number of nitriles is 2. The molecule has 4 aromatic carbocycles. The van der Waals surface area contributed by atoms with Crippen molar-refractivity contribution in [3.63, 3.8) is 0 Å². The summed E-state index contributed by atoms with van der Waals surface area (Å²) in [6, 6.07) is 22.1. The molecule has 0 saturated heterocycles. The van der Waals surface area contributed by atoms with Crippen LogP contribution in [0.5, 0.6) is 0 Å². The maximum atomic E-state index is 14.9. The molecule has 0 atom stereocenters. The van der Waals surface area contributed by atoms with Crippen molar-refractivity contribution in [2.24, 2.45) is 0 Å². The van der Waals surface area contributed by atoms with Crippen molar-refractivity contribution >= 4 is 49.8 Å². The maximum Gasteiger partial charge on any atom is 0.335 e. The van der Waals surface area contributed by atoms with Gasteiger partial charge in [-0.15, -0.1) is 0 Å². The molecular formula is C33H16ClF3N4O4S2. The molecular weight excluding hydrogens is 673 g/mol. The third-order valence-corrected chi connectivity index (χ3v) is 10.8. The Morgan fingerprint density at radius 3 is 2.23 bits per heavy atom. The molecule has 14 heteroatoms. The molecule has 6 aromatic rings. The van der Waals surface area contributed by atoms with Crippen molar-refractivity contribution in [2.45, 2.75) is 10.6 Å². The second-order valence-electron chi connectivity index (χ2n) is 10.0. The van der Waals surface area contributed by atoms with Crippen LogP contribution in [-0.2, 0) is 10.0 Å². The van der Waals surface area contributed by atoms with E-state index in [0.717, 1.165) is 22.3 Å². The van der Waals surface area contributed by atoms with Gasteiger partial charge in [0.05, 0.1) is 46.2 Å². The molecule has 0 aliphatic rings. The van der Waals surface area contributed by atoms with Crippen molar-refractivity contribution < 1.29 is 31.5 Å². The minimum Gasteiger partial charge on any atom is -0.478 e. The van der Waals surface area contributed by atoms with Crippen molar-refractivity contribution in [3.05, 3.63) is 118 Å². The van der Waals surface area contributed by atoms with E-state index in [1.54, 1.807) is 24.3 Å². The average molecular weight is 689 g/mol. The number of rotatable bonds is 7. The summed E-state index contributed by atoms with van der Waals surface area (Å²) in [5.41, 5.74) is 0.856. The topological polar surface area (TPSA) is 137 Å². The van der Waals surface area contributed by atoms with Crippen molar-refractivity contribution in [1.29, 1.82) is 10.5 Å². The number of fused-ring (bicyclic) bond motifs is 1. The van der Waals surface area contributed by atoms with Gasteiger partial charge in [-0.2, -0.15) is 18.9 Å². The number of thiazole rings is 1. The number of benzene rings is 4. The number of aromatic nitrogens is 2. The number of alkyl halides is 2. The minimum absolute atomic E-state index is 0.00718. The summed E-state index contributed by atoms with van der Waals surface area (Å²) < 4.78 is 71.1. The number of carboxylic acids is 1. The van der Waals surface area contributed by atoms with Crippen molar-refractivity contribution in [3.8, 4) is 45.6 Å². The molecule has 1 N–H and O–H groups in total. The number of halogens is 4. The van der Waals surface area contributed by atoms with Crippen LogP contribution in [0.15, 0.2) is 89.3 Å². The van der Waals surface area contributed by atoms with E-state index in [2.05, 4.69) is 4.98 Å². The third kappa shape index (κ3) is 5.40. The normalized spacial score (nSPS) is 11.5. The fourth-order valence-corrected chi connectivity index (χ4v) is 8.22. The van der Waals surface area contributed by atoms with E-state index in [1.807, 2.05) is 12.1 Å². The monoisotopic (exact) mass is 688 g/mol. The molecule has 0 fully saturated rings. The zero-order valence-corrected chi connectivity index (χ0v) is 25.8. The van der Waals surface area contributed by atoms with E-state index in [-0.39, 0.29) is 66.3 Å². The number of carbonyl (C=O) groups is 1. The molecule has 8 nitrogen and oxygen atoms in total. The number of hydrogen-bond donors (Lipinski definition) is 1. The highest BCUT2D eigenvalue weighted by Gasteiger charge is 2.33. The molecule has 47 heavy (non-hydrogen) atoms. The molecule has 0 aliphatic heterocycles. The van der Waals surface area contributed by atoms with Crippen molar-refractivity contribution in [2.75, 3.05) is 0 Å². The smallest absolute Gasteiger partial charge is 0.335 e. The Bertz CT molecular complexity index is 2430. The zero-order valence-electron chi connectivity index (χ0n) is 23.4. The van der Waals surface area contributed by atoms with Gasteiger partial charge < -0.3 is 5.11 Å². The van der Waals surface area contributed by atoms with Crippen LogP contribution < -0.4 is 0 Å². The minimum atomic E-state index is -4.74. The second-order valence-corrected chi connectivity index (χ2v) is 13.5. The Morgan fingerprint density at radius 1 is 0.936 bits per heavy atom. The van der Waals surface area contributed by atoms with E-state index in [4.69, 9.17) is 11.6 Å². The first kappa shape index (κ1) is 31.5. The quantitative estimate of drug-likeness (QED) is 0.178. The molecule has 2 heterocycles. The van der Waals surface area contributed by atoms with E-state index in [1.165, 1.54) is 42.5 Å². The summed E-state index contributed by atoms with van der Waals surface area (Å²) in [5, 5.41) is 28.9. The first-order valence-corrected chi connectivity index (χ1v) is 16.0. The molecule has 0 saturated carbocycles. The number of nitrogens with zero attached hydrogens (tertiary/aromatic N) is 4. The summed E-state index contributed by atoms with van der Waals surface area (Å²) in [6.45, 7) is 0. The molecule has 0 aliphatic carbocycles. The van der Waals surface area contributed by atoms with Crippen LogP contribution in [0.2, 0.25) is 5.02 Å². The Kier molecular flexibility index (Phi) is 8.07. The SMILES string of the molecule is N#Cc1cccc(C#N)c1-c1c(-c2cccc(-c3ccc(C(=O)O)cc3Cl)c2)n(S(=O)(=O)c2cnc(C(F)F)s2)c2ccc(F)cc12. The van der Waals surface area contributed by atoms with Crippen LogP contribution in [0.1, 0.15) is 32.9 Å². The maximum absolute atomic E-state index is 14.9. The van der Waals surface area contributed by atoms with Gasteiger partial charge in [-0.1, -0.05) is 53.3 Å². The highest BCUT2D eigenvalue weighted by atomic mass is 35.5. The Morgan fingerprint density at radius 2 is 1.62 bits per heavy atom. The van der Waals surface area contributed by atoms with E-state index in [0.29, 0.717) is 11.1 Å².